The number of halogens is 4. The molecule has 21 heavy (non-hydrogen) atoms. The van der Waals surface area contributed by atoms with Crippen molar-refractivity contribution in [1.29, 1.82) is 0 Å². The molecule has 1 aromatic heterocycles. The van der Waals surface area contributed by atoms with Crippen LogP contribution in [-0.4, -0.2) is 20.9 Å². The van der Waals surface area contributed by atoms with Crippen LogP contribution in [-0.2, 0) is 12.5 Å². The second kappa shape index (κ2) is 4.69. The molecule has 0 radical (unpaired) electrons. The van der Waals surface area contributed by atoms with E-state index < -0.39 is 17.2 Å². The van der Waals surface area contributed by atoms with Crippen LogP contribution in [0.3, 0.4) is 0 Å². The molecule has 7 heteroatoms. The number of allylic oxidation sites excluding steroid dienone is 2. The van der Waals surface area contributed by atoms with Gasteiger partial charge in [0.1, 0.15) is 12.2 Å². The van der Waals surface area contributed by atoms with Crippen LogP contribution in [0.5, 0.6) is 0 Å². The van der Waals surface area contributed by atoms with Gasteiger partial charge in [-0.15, -0.1) is 10.2 Å². The zero-order valence-electron chi connectivity index (χ0n) is 11.0. The molecule has 110 valence electrons. The van der Waals surface area contributed by atoms with Crippen LogP contribution in [0.15, 0.2) is 46.7 Å². The number of aromatic nitrogens is 3. The van der Waals surface area contributed by atoms with E-state index in [1.165, 1.54) is 12.4 Å². The molecule has 2 aromatic rings. The molecule has 1 unspecified atom stereocenters. The summed E-state index contributed by atoms with van der Waals surface area (Å²) in [6.07, 6.45) is -1.68. The number of aryl methyl sites for hydroxylation is 1. The third kappa shape index (κ3) is 2.29. The van der Waals surface area contributed by atoms with E-state index in [9.17, 15) is 13.2 Å². The van der Waals surface area contributed by atoms with E-state index in [4.69, 9.17) is 0 Å². The molecule has 3 nitrogen and oxygen atoms in total. The largest absolute Gasteiger partial charge is 0.412 e. The van der Waals surface area contributed by atoms with Crippen LogP contribution in [0.2, 0.25) is 0 Å². The Labute approximate surface area is 127 Å². The number of nitrogens with zero attached hydrogens (tertiary/aromatic N) is 3. The molecule has 0 N–H and O–H groups in total. The first kappa shape index (κ1) is 14.3. The molecule has 0 aliphatic heterocycles. The number of benzene rings is 1. The highest BCUT2D eigenvalue weighted by molar-refractivity contribution is 9.10. The molecule has 0 fully saturated rings. The Hall–Kier alpha value is -1.63. The summed E-state index contributed by atoms with van der Waals surface area (Å²) in [5.41, 5.74) is -0.633. The van der Waals surface area contributed by atoms with E-state index in [0.717, 1.165) is 10.0 Å². The highest BCUT2D eigenvalue weighted by atomic mass is 79.9. The van der Waals surface area contributed by atoms with Gasteiger partial charge >= 0.3 is 6.18 Å². The standard InChI is InChI=1S/C14H11BrF3N3/c1-21-8-19-20-12(21)13(6-10(7-13)14(16,17)18)9-3-2-4-11(15)5-9/h2-6,8H,7H2,1H3. The number of hydrogen-bond donors (Lipinski definition) is 0. The Kier molecular flexibility index (Phi) is 3.20. The summed E-state index contributed by atoms with van der Waals surface area (Å²) in [6, 6.07) is 7.26. The van der Waals surface area contributed by atoms with Crippen molar-refractivity contribution in [2.75, 3.05) is 0 Å². The van der Waals surface area contributed by atoms with Crippen molar-refractivity contribution in [3.63, 3.8) is 0 Å². The first-order valence-electron chi connectivity index (χ1n) is 6.22. The summed E-state index contributed by atoms with van der Waals surface area (Å²) >= 11 is 3.36. The van der Waals surface area contributed by atoms with Gasteiger partial charge in [0, 0.05) is 17.1 Å². The van der Waals surface area contributed by atoms with Crippen molar-refractivity contribution in [3.8, 4) is 0 Å². The molecule has 3 rings (SSSR count). The fourth-order valence-corrected chi connectivity index (χ4v) is 3.06. The van der Waals surface area contributed by atoms with Gasteiger partial charge in [0.2, 0.25) is 0 Å². The van der Waals surface area contributed by atoms with E-state index >= 15 is 0 Å². The van der Waals surface area contributed by atoms with Gasteiger partial charge in [-0.2, -0.15) is 13.2 Å². The van der Waals surface area contributed by atoms with Gasteiger partial charge in [-0.05, 0) is 24.1 Å². The van der Waals surface area contributed by atoms with Gasteiger partial charge in [0.05, 0.1) is 5.41 Å². The van der Waals surface area contributed by atoms with Crippen molar-refractivity contribution >= 4 is 15.9 Å². The highest BCUT2D eigenvalue weighted by Gasteiger charge is 2.51. The van der Waals surface area contributed by atoms with Gasteiger partial charge in [0.15, 0.2) is 0 Å². The fourth-order valence-electron chi connectivity index (χ4n) is 2.66. The predicted molar refractivity (Wildman–Crippen MR) is 74.7 cm³/mol. The molecule has 1 heterocycles. The summed E-state index contributed by atoms with van der Waals surface area (Å²) in [5.74, 6) is 0.508. The average Bonchev–Trinajstić information content (AvgIpc) is 2.73. The van der Waals surface area contributed by atoms with E-state index in [1.54, 1.807) is 17.7 Å². The molecule has 0 bridgehead atoms. The molecule has 0 saturated heterocycles. The Morgan fingerprint density at radius 3 is 2.57 bits per heavy atom. The van der Waals surface area contributed by atoms with Crippen molar-refractivity contribution in [1.82, 2.24) is 14.8 Å². The van der Waals surface area contributed by atoms with E-state index in [2.05, 4.69) is 26.1 Å². The van der Waals surface area contributed by atoms with Crippen LogP contribution >= 0.6 is 15.9 Å². The molecule has 0 spiro atoms. The first-order chi connectivity index (χ1) is 9.83. The summed E-state index contributed by atoms with van der Waals surface area (Å²) < 4.78 is 41.1. The summed E-state index contributed by atoms with van der Waals surface area (Å²) in [7, 11) is 1.73. The van der Waals surface area contributed by atoms with Crippen LogP contribution in [0.1, 0.15) is 17.8 Å². The third-order valence-corrected chi connectivity index (χ3v) is 4.20. The topological polar surface area (TPSA) is 30.7 Å². The van der Waals surface area contributed by atoms with Gasteiger partial charge in [-0.3, -0.25) is 0 Å². The van der Waals surface area contributed by atoms with Gasteiger partial charge in [-0.25, -0.2) is 0 Å². The van der Waals surface area contributed by atoms with Crippen molar-refractivity contribution in [3.05, 3.63) is 58.1 Å². The lowest BCUT2D eigenvalue weighted by atomic mass is 9.65. The van der Waals surface area contributed by atoms with Crippen molar-refractivity contribution < 1.29 is 13.2 Å². The lowest BCUT2D eigenvalue weighted by Gasteiger charge is -2.40. The Balaban J connectivity index is 2.16. The van der Waals surface area contributed by atoms with E-state index in [0.29, 0.717) is 5.82 Å². The average molecular weight is 358 g/mol. The van der Waals surface area contributed by atoms with Gasteiger partial charge in [-0.1, -0.05) is 34.1 Å². The van der Waals surface area contributed by atoms with Gasteiger partial charge in [0.25, 0.3) is 0 Å². The zero-order valence-corrected chi connectivity index (χ0v) is 12.6. The Morgan fingerprint density at radius 2 is 2.05 bits per heavy atom. The normalized spacial score (nSPS) is 21.9. The van der Waals surface area contributed by atoms with Gasteiger partial charge < -0.3 is 4.57 Å². The number of alkyl halides is 3. The fraction of sp³-hybridized carbons (Fsp3) is 0.286. The summed E-state index contributed by atoms with van der Waals surface area (Å²) in [5, 5.41) is 7.81. The minimum atomic E-state index is -4.30. The Morgan fingerprint density at radius 1 is 1.33 bits per heavy atom. The van der Waals surface area contributed by atoms with Crippen molar-refractivity contribution in [2.45, 2.75) is 18.0 Å². The van der Waals surface area contributed by atoms with Crippen molar-refractivity contribution in [2.24, 2.45) is 7.05 Å². The SMILES string of the molecule is Cn1cnnc1C1(c2cccc(Br)c2)C=C(C(F)(F)F)C1. The second-order valence-electron chi connectivity index (χ2n) is 5.09. The van der Waals surface area contributed by atoms with Crippen LogP contribution < -0.4 is 0 Å². The Bertz CT molecular complexity index is 720. The summed E-state index contributed by atoms with van der Waals surface area (Å²) in [6.45, 7) is 0. The monoisotopic (exact) mass is 357 g/mol. The molecule has 1 aliphatic rings. The smallest absolute Gasteiger partial charge is 0.320 e. The predicted octanol–water partition coefficient (Wildman–Crippen LogP) is 3.76. The molecule has 1 atom stereocenters. The van der Waals surface area contributed by atoms with Crippen LogP contribution in [0, 0.1) is 0 Å². The molecular weight excluding hydrogens is 347 g/mol. The third-order valence-electron chi connectivity index (χ3n) is 3.70. The lowest BCUT2D eigenvalue weighted by molar-refractivity contribution is -0.0996. The maximum Gasteiger partial charge on any atom is 0.412 e. The highest BCUT2D eigenvalue weighted by Crippen LogP contribution is 2.51. The molecular formula is C14H11BrF3N3. The number of rotatable bonds is 2. The maximum atomic E-state index is 12.9. The van der Waals surface area contributed by atoms with Crippen LogP contribution in [0.25, 0.3) is 0 Å². The minimum absolute atomic E-state index is 0.126. The molecule has 1 aromatic carbocycles. The second-order valence-corrected chi connectivity index (χ2v) is 6.01. The zero-order chi connectivity index (χ0) is 15.3. The molecule has 0 amide bonds. The minimum Gasteiger partial charge on any atom is -0.320 e. The van der Waals surface area contributed by atoms with Crippen LogP contribution in [0.4, 0.5) is 13.2 Å². The quantitative estimate of drug-likeness (QED) is 0.766. The molecule has 1 aliphatic carbocycles. The maximum absolute atomic E-state index is 12.9. The first-order valence-corrected chi connectivity index (χ1v) is 7.02. The van der Waals surface area contributed by atoms with E-state index in [-0.39, 0.29) is 6.42 Å². The lowest BCUT2D eigenvalue weighted by Crippen LogP contribution is -2.40. The molecule has 0 saturated carbocycles. The van der Waals surface area contributed by atoms with E-state index in [1.807, 2.05) is 18.2 Å². The summed E-state index contributed by atoms with van der Waals surface area (Å²) in [4.78, 5) is 0. The number of hydrogen-bond acceptors (Lipinski definition) is 2.